The van der Waals surface area contributed by atoms with Crippen molar-refractivity contribution >= 4 is 30.1 Å². The molecule has 0 aromatic heterocycles. The fourth-order valence-corrected chi connectivity index (χ4v) is 4.79. The number of fused-ring (bicyclic) bond motifs is 4. The van der Waals surface area contributed by atoms with Gasteiger partial charge in [0.25, 0.3) is 5.91 Å². The molecule has 3 amide bonds. The number of hydrogen-bond acceptors (Lipinski definition) is 5. The van der Waals surface area contributed by atoms with Gasteiger partial charge in [-0.3, -0.25) is 19.7 Å². The lowest BCUT2D eigenvalue weighted by atomic mass is 9.74. The van der Waals surface area contributed by atoms with Gasteiger partial charge in [-0.05, 0) is 37.9 Å². The predicted octanol–water partition coefficient (Wildman–Crippen LogP) is 0.883. The smallest absolute Gasteiger partial charge is 0.258 e. The van der Waals surface area contributed by atoms with Crippen LogP contribution in [0.5, 0.6) is 5.75 Å². The summed E-state index contributed by atoms with van der Waals surface area (Å²) in [6.45, 7) is 2.92. The van der Waals surface area contributed by atoms with Gasteiger partial charge in [0, 0.05) is 23.9 Å². The quantitative estimate of drug-likeness (QED) is 0.694. The summed E-state index contributed by atoms with van der Waals surface area (Å²) >= 11 is 0. The van der Waals surface area contributed by atoms with Gasteiger partial charge in [-0.1, -0.05) is 12.1 Å². The van der Waals surface area contributed by atoms with Crippen molar-refractivity contribution < 1.29 is 19.1 Å². The van der Waals surface area contributed by atoms with Crippen LogP contribution in [0.1, 0.15) is 47.2 Å². The third-order valence-electron chi connectivity index (χ3n) is 6.27. The molecule has 0 unspecified atom stereocenters. The molecule has 0 saturated carbocycles. The second-order valence-corrected chi connectivity index (χ2v) is 7.70. The third kappa shape index (κ3) is 2.63. The van der Waals surface area contributed by atoms with E-state index in [9.17, 15) is 14.4 Å². The van der Waals surface area contributed by atoms with E-state index in [4.69, 9.17) is 4.74 Å². The average molecular weight is 392 g/mol. The highest BCUT2D eigenvalue weighted by Crippen LogP contribution is 2.48. The summed E-state index contributed by atoms with van der Waals surface area (Å²) in [6, 6.07) is 3.53. The third-order valence-corrected chi connectivity index (χ3v) is 6.27. The normalized spacial score (nSPS) is 25.6. The first-order valence-corrected chi connectivity index (χ1v) is 9.24. The van der Waals surface area contributed by atoms with Crippen LogP contribution < -0.4 is 15.4 Å². The van der Waals surface area contributed by atoms with Crippen molar-refractivity contribution in [1.29, 1.82) is 0 Å². The number of hydrogen-bond donors (Lipinski definition) is 2. The van der Waals surface area contributed by atoms with Crippen LogP contribution in [-0.4, -0.2) is 48.4 Å². The number of piperidine rings is 2. The molecule has 4 aliphatic rings. The lowest BCUT2D eigenvalue weighted by Crippen LogP contribution is -2.52. The number of carbonyl (C=O) groups excluding carboxylic acids is 3. The van der Waals surface area contributed by atoms with E-state index in [1.54, 1.807) is 4.90 Å². The molecule has 1 aromatic carbocycles. The van der Waals surface area contributed by atoms with Crippen molar-refractivity contribution in [3.05, 3.63) is 28.8 Å². The molecule has 1 aromatic rings. The summed E-state index contributed by atoms with van der Waals surface area (Å²) in [6.07, 6.45) is 2.65. The Morgan fingerprint density at radius 1 is 1.15 bits per heavy atom. The summed E-state index contributed by atoms with van der Waals surface area (Å²) in [5, 5.41) is 5.73. The minimum atomic E-state index is -0.586. The minimum absolute atomic E-state index is 0. The van der Waals surface area contributed by atoms with Crippen molar-refractivity contribution in [2.75, 3.05) is 19.7 Å². The molecule has 4 heterocycles. The first-order chi connectivity index (χ1) is 12.6. The monoisotopic (exact) mass is 391 g/mol. The maximum atomic E-state index is 13.1. The molecule has 2 saturated heterocycles. The summed E-state index contributed by atoms with van der Waals surface area (Å²) < 4.78 is 6.05. The van der Waals surface area contributed by atoms with Crippen LogP contribution in [0.25, 0.3) is 0 Å². The van der Waals surface area contributed by atoms with Crippen molar-refractivity contribution in [2.45, 2.75) is 43.7 Å². The summed E-state index contributed by atoms with van der Waals surface area (Å²) in [4.78, 5) is 38.3. The standard InChI is InChI=1S/C19H21N3O4.ClH/c23-14-4-3-13(17(24)21-14)22-9-11-1-2-12-16(15(11)18(22)25)26-10-19(12)5-7-20-8-6-19;/h1-2,13,20H,3-10H2,(H,21,23,24);1H/t13-;/m0./s1. The first-order valence-electron chi connectivity index (χ1n) is 9.24. The van der Waals surface area contributed by atoms with Crippen LogP contribution >= 0.6 is 12.4 Å². The molecule has 1 atom stereocenters. The van der Waals surface area contributed by atoms with E-state index in [0.717, 1.165) is 37.1 Å². The highest BCUT2D eigenvalue weighted by molar-refractivity contribution is 6.06. The van der Waals surface area contributed by atoms with Gasteiger partial charge >= 0.3 is 0 Å². The summed E-state index contributed by atoms with van der Waals surface area (Å²) in [5.74, 6) is -0.0937. The van der Waals surface area contributed by atoms with Crippen LogP contribution in [0.4, 0.5) is 0 Å². The zero-order valence-corrected chi connectivity index (χ0v) is 15.7. The second-order valence-electron chi connectivity index (χ2n) is 7.70. The largest absolute Gasteiger partial charge is 0.491 e. The summed E-state index contributed by atoms with van der Waals surface area (Å²) in [5.41, 5.74) is 2.65. The highest BCUT2D eigenvalue weighted by Gasteiger charge is 2.47. The van der Waals surface area contributed by atoms with Gasteiger partial charge in [0.1, 0.15) is 11.8 Å². The van der Waals surface area contributed by atoms with E-state index in [-0.39, 0.29) is 42.0 Å². The first kappa shape index (κ1) is 18.3. The number of rotatable bonds is 1. The number of carbonyl (C=O) groups is 3. The minimum Gasteiger partial charge on any atom is -0.491 e. The number of nitrogens with one attached hydrogen (secondary N) is 2. The highest BCUT2D eigenvalue weighted by atomic mass is 35.5. The van der Waals surface area contributed by atoms with Crippen LogP contribution in [0.15, 0.2) is 12.1 Å². The molecule has 0 bridgehead atoms. The van der Waals surface area contributed by atoms with E-state index >= 15 is 0 Å². The Hall–Kier alpha value is -2.12. The Labute approximate surface area is 163 Å². The lowest BCUT2D eigenvalue weighted by Gasteiger charge is -2.32. The van der Waals surface area contributed by atoms with E-state index in [1.165, 1.54) is 0 Å². The molecule has 7 nitrogen and oxygen atoms in total. The number of halogens is 1. The van der Waals surface area contributed by atoms with E-state index < -0.39 is 6.04 Å². The zero-order valence-electron chi connectivity index (χ0n) is 14.9. The van der Waals surface area contributed by atoms with Gasteiger partial charge in [0.05, 0.1) is 12.2 Å². The molecular formula is C19H22ClN3O4. The Balaban J connectivity index is 0.00000180. The number of nitrogens with zero attached hydrogens (tertiary/aromatic N) is 1. The van der Waals surface area contributed by atoms with Crippen LogP contribution in [0.2, 0.25) is 0 Å². The molecular weight excluding hydrogens is 370 g/mol. The molecule has 8 heteroatoms. The number of ether oxygens (including phenoxy) is 1. The van der Waals surface area contributed by atoms with Gasteiger partial charge in [0.15, 0.2) is 0 Å². The van der Waals surface area contributed by atoms with Gasteiger partial charge in [-0.25, -0.2) is 0 Å². The fourth-order valence-electron chi connectivity index (χ4n) is 4.79. The molecule has 27 heavy (non-hydrogen) atoms. The van der Waals surface area contributed by atoms with Gasteiger partial charge in [-0.2, -0.15) is 0 Å². The SMILES string of the molecule is Cl.O=C1CC[C@H](N2Cc3ccc4c(c3C2=O)OCC42CCNCC2)C(=O)N1. The van der Waals surface area contributed by atoms with Crippen LogP contribution in [0.3, 0.4) is 0 Å². The molecule has 5 rings (SSSR count). The molecule has 0 radical (unpaired) electrons. The lowest BCUT2D eigenvalue weighted by molar-refractivity contribution is -0.136. The van der Waals surface area contributed by atoms with Crippen molar-refractivity contribution in [2.24, 2.45) is 0 Å². The van der Waals surface area contributed by atoms with Crippen LogP contribution in [0, 0.1) is 0 Å². The Morgan fingerprint density at radius 2 is 1.93 bits per heavy atom. The second kappa shape index (κ2) is 6.49. The zero-order chi connectivity index (χ0) is 17.9. The number of benzene rings is 1. The van der Waals surface area contributed by atoms with E-state index in [0.29, 0.717) is 30.9 Å². The summed E-state index contributed by atoms with van der Waals surface area (Å²) in [7, 11) is 0. The molecule has 2 N–H and O–H groups in total. The maximum absolute atomic E-state index is 13.1. The Bertz CT molecular complexity index is 834. The fraction of sp³-hybridized carbons (Fsp3) is 0.526. The van der Waals surface area contributed by atoms with Crippen LogP contribution in [-0.2, 0) is 21.5 Å². The van der Waals surface area contributed by atoms with Gasteiger partial charge in [-0.15, -0.1) is 12.4 Å². The topological polar surface area (TPSA) is 87.7 Å². The van der Waals surface area contributed by atoms with E-state index in [2.05, 4.69) is 16.7 Å². The molecule has 0 aliphatic carbocycles. The Morgan fingerprint density at radius 3 is 2.67 bits per heavy atom. The maximum Gasteiger partial charge on any atom is 0.258 e. The number of imide groups is 1. The molecule has 144 valence electrons. The van der Waals surface area contributed by atoms with Crippen molar-refractivity contribution in [1.82, 2.24) is 15.5 Å². The van der Waals surface area contributed by atoms with E-state index in [1.807, 2.05) is 6.07 Å². The Kier molecular flexibility index (Phi) is 4.39. The van der Waals surface area contributed by atoms with Gasteiger partial charge in [0.2, 0.25) is 11.8 Å². The van der Waals surface area contributed by atoms with Crippen molar-refractivity contribution in [3.8, 4) is 5.75 Å². The number of amides is 3. The predicted molar refractivity (Wildman–Crippen MR) is 99.0 cm³/mol. The van der Waals surface area contributed by atoms with Gasteiger partial charge < -0.3 is 15.0 Å². The average Bonchev–Trinajstić information content (AvgIpc) is 3.15. The molecule has 4 aliphatic heterocycles. The molecule has 1 spiro atoms. The van der Waals surface area contributed by atoms with Crippen molar-refractivity contribution in [3.63, 3.8) is 0 Å². The molecule has 2 fully saturated rings.